The van der Waals surface area contributed by atoms with Gasteiger partial charge in [-0.1, -0.05) is 12.7 Å². The summed E-state index contributed by atoms with van der Waals surface area (Å²) in [6, 6.07) is 1.39. The smallest absolute Gasteiger partial charge is 0.198 e. The van der Waals surface area contributed by atoms with Crippen molar-refractivity contribution in [2.75, 3.05) is 0 Å². The molecule has 3 N–H and O–H groups in total. The molecule has 0 aliphatic rings. The maximum Gasteiger partial charge on any atom is 0.198 e. The van der Waals surface area contributed by atoms with E-state index in [4.69, 9.17) is 10.2 Å². The molecule has 1 rings (SSSR count). The normalized spacial score (nSPS) is 9.33. The second kappa shape index (κ2) is 1.85. The molecule has 1 aromatic heterocycles. The predicted octanol–water partition coefficient (Wildman–Crippen LogP) is 1.07. The van der Waals surface area contributed by atoms with Crippen LogP contribution in [-0.4, -0.2) is 15.2 Å². The average molecular weight is 125 g/mol. The lowest BCUT2D eigenvalue weighted by molar-refractivity contribution is 0.425. The number of hydrogen-bond acceptors (Lipinski definition) is 2. The summed E-state index contributed by atoms with van der Waals surface area (Å²) in [6.07, 6.45) is 1.45. The van der Waals surface area contributed by atoms with E-state index in [-0.39, 0.29) is 11.8 Å². The van der Waals surface area contributed by atoms with E-state index in [1.54, 1.807) is 0 Å². The molecule has 0 atom stereocenters. The lowest BCUT2D eigenvalue weighted by Crippen LogP contribution is -1.62. The molecule has 3 nitrogen and oxygen atoms in total. The Balaban J connectivity index is 3.15. The molecular weight excluding hydrogens is 118 g/mol. The second-order valence-electron chi connectivity index (χ2n) is 1.66. The molecule has 48 valence electrons. The Kier molecular flexibility index (Phi) is 1.18. The molecule has 0 unspecified atom stereocenters. The number of hydrogen-bond donors (Lipinski definition) is 3. The highest BCUT2D eigenvalue weighted by Gasteiger charge is 1.99. The predicted molar refractivity (Wildman–Crippen MR) is 34.2 cm³/mol. The van der Waals surface area contributed by atoms with Crippen molar-refractivity contribution in [3.8, 4) is 11.8 Å². The van der Waals surface area contributed by atoms with Crippen molar-refractivity contribution in [3.63, 3.8) is 0 Å². The summed E-state index contributed by atoms with van der Waals surface area (Å²) in [5.41, 5.74) is 0.507. The van der Waals surface area contributed by atoms with Crippen LogP contribution in [0.5, 0.6) is 11.8 Å². The Hall–Kier alpha value is -1.38. The number of aromatic amines is 1. The van der Waals surface area contributed by atoms with Gasteiger partial charge in [0.15, 0.2) is 11.8 Å². The zero-order valence-corrected chi connectivity index (χ0v) is 4.76. The molecule has 0 aliphatic heterocycles. The number of aromatic hydroxyl groups is 2. The molecule has 0 aliphatic carbocycles. The van der Waals surface area contributed by atoms with Crippen LogP contribution in [0.2, 0.25) is 0 Å². The largest absolute Gasteiger partial charge is 0.494 e. The molecule has 0 bridgehead atoms. The first-order valence-corrected chi connectivity index (χ1v) is 2.47. The number of H-pyrrole nitrogens is 1. The Bertz CT molecular complexity index is 227. The summed E-state index contributed by atoms with van der Waals surface area (Å²) < 4.78 is 0. The molecule has 0 radical (unpaired) electrons. The van der Waals surface area contributed by atoms with Gasteiger partial charge < -0.3 is 10.2 Å². The van der Waals surface area contributed by atoms with Crippen molar-refractivity contribution < 1.29 is 10.2 Å². The topological polar surface area (TPSA) is 56.2 Å². The Labute approximate surface area is 52.3 Å². The quantitative estimate of drug-likeness (QED) is 0.525. The van der Waals surface area contributed by atoms with E-state index in [1.165, 1.54) is 12.1 Å². The lowest BCUT2D eigenvalue weighted by atomic mass is 10.3. The minimum absolute atomic E-state index is 0.0532. The second-order valence-corrected chi connectivity index (χ2v) is 1.66. The molecule has 0 saturated carbocycles. The van der Waals surface area contributed by atoms with E-state index >= 15 is 0 Å². The minimum Gasteiger partial charge on any atom is -0.494 e. The molecule has 9 heavy (non-hydrogen) atoms. The third-order valence-corrected chi connectivity index (χ3v) is 1.03. The van der Waals surface area contributed by atoms with Gasteiger partial charge in [0, 0.05) is 11.6 Å². The average Bonchev–Trinajstić information content (AvgIpc) is 2.10. The summed E-state index contributed by atoms with van der Waals surface area (Å²) in [5, 5.41) is 17.5. The Morgan fingerprint density at radius 2 is 2.22 bits per heavy atom. The third-order valence-electron chi connectivity index (χ3n) is 1.03. The summed E-state index contributed by atoms with van der Waals surface area (Å²) in [4.78, 5) is 2.30. The van der Waals surface area contributed by atoms with Crippen LogP contribution in [0.1, 0.15) is 5.56 Å². The fourth-order valence-electron chi connectivity index (χ4n) is 0.601. The van der Waals surface area contributed by atoms with Gasteiger partial charge in [-0.05, 0) is 0 Å². The van der Waals surface area contributed by atoms with E-state index in [9.17, 15) is 0 Å². The summed E-state index contributed by atoms with van der Waals surface area (Å²) in [6.45, 7) is 3.41. The van der Waals surface area contributed by atoms with E-state index < -0.39 is 0 Å². The fraction of sp³-hybridized carbons (Fsp3) is 0. The molecule has 1 heterocycles. The van der Waals surface area contributed by atoms with Crippen LogP contribution in [0.15, 0.2) is 12.6 Å². The fourth-order valence-corrected chi connectivity index (χ4v) is 0.601. The number of nitrogens with one attached hydrogen (secondary N) is 1. The zero-order valence-electron chi connectivity index (χ0n) is 4.76. The monoisotopic (exact) mass is 125 g/mol. The van der Waals surface area contributed by atoms with Gasteiger partial charge in [0.05, 0.1) is 0 Å². The first-order valence-electron chi connectivity index (χ1n) is 2.47. The van der Waals surface area contributed by atoms with Gasteiger partial charge in [-0.2, -0.15) is 0 Å². The van der Waals surface area contributed by atoms with E-state index in [0.717, 1.165) is 0 Å². The van der Waals surface area contributed by atoms with E-state index in [0.29, 0.717) is 5.56 Å². The van der Waals surface area contributed by atoms with Gasteiger partial charge in [0.25, 0.3) is 0 Å². The van der Waals surface area contributed by atoms with Crippen LogP contribution in [0.25, 0.3) is 6.08 Å². The summed E-state index contributed by atoms with van der Waals surface area (Å²) in [5.74, 6) is -0.107. The maximum atomic E-state index is 8.84. The van der Waals surface area contributed by atoms with Crippen LogP contribution >= 0.6 is 0 Å². The van der Waals surface area contributed by atoms with Crippen molar-refractivity contribution >= 4 is 6.08 Å². The van der Waals surface area contributed by atoms with Gasteiger partial charge >= 0.3 is 0 Å². The highest BCUT2D eigenvalue weighted by molar-refractivity contribution is 5.55. The number of rotatable bonds is 1. The van der Waals surface area contributed by atoms with Gasteiger partial charge in [0.1, 0.15) is 0 Å². The summed E-state index contributed by atoms with van der Waals surface area (Å²) in [7, 11) is 0. The molecule has 0 aromatic carbocycles. The summed E-state index contributed by atoms with van der Waals surface area (Å²) >= 11 is 0. The van der Waals surface area contributed by atoms with Crippen molar-refractivity contribution in [2.45, 2.75) is 0 Å². The van der Waals surface area contributed by atoms with Crippen molar-refractivity contribution in [3.05, 3.63) is 18.2 Å². The van der Waals surface area contributed by atoms with Crippen LogP contribution in [0.4, 0.5) is 0 Å². The molecule has 0 spiro atoms. The van der Waals surface area contributed by atoms with Crippen LogP contribution in [-0.2, 0) is 0 Å². The zero-order chi connectivity index (χ0) is 6.85. The highest BCUT2D eigenvalue weighted by Crippen LogP contribution is 2.21. The van der Waals surface area contributed by atoms with Gasteiger partial charge in [-0.15, -0.1) is 0 Å². The third kappa shape index (κ3) is 0.887. The van der Waals surface area contributed by atoms with Crippen LogP contribution < -0.4 is 0 Å². The molecule has 1 aromatic rings. The molecule has 0 amide bonds. The van der Waals surface area contributed by atoms with Crippen LogP contribution in [0, 0.1) is 0 Å². The van der Waals surface area contributed by atoms with E-state index in [1.807, 2.05) is 0 Å². The van der Waals surface area contributed by atoms with Crippen molar-refractivity contribution in [1.82, 2.24) is 4.98 Å². The maximum absolute atomic E-state index is 8.84. The highest BCUT2D eigenvalue weighted by atomic mass is 16.3. The lowest BCUT2D eigenvalue weighted by Gasteiger charge is -1.82. The van der Waals surface area contributed by atoms with Crippen molar-refractivity contribution in [1.29, 1.82) is 0 Å². The van der Waals surface area contributed by atoms with Gasteiger partial charge in [-0.3, -0.25) is 4.98 Å². The van der Waals surface area contributed by atoms with Gasteiger partial charge in [0.2, 0.25) is 0 Å². The molecule has 0 saturated heterocycles. The molecule has 0 fully saturated rings. The van der Waals surface area contributed by atoms with E-state index in [2.05, 4.69) is 11.6 Å². The van der Waals surface area contributed by atoms with Gasteiger partial charge in [-0.25, -0.2) is 0 Å². The first-order chi connectivity index (χ1) is 4.24. The number of aromatic nitrogens is 1. The Morgan fingerprint density at radius 1 is 1.56 bits per heavy atom. The molecular formula is C6H7NO2. The standard InChI is InChI=1S/C6H7NO2/c1-2-4-3-5(8)7-6(4)9/h2-3,7-9H,1H2. The van der Waals surface area contributed by atoms with Crippen molar-refractivity contribution in [2.24, 2.45) is 0 Å². The molecule has 3 heteroatoms. The first kappa shape index (κ1) is 5.75. The SMILES string of the molecule is C=Cc1cc(O)[nH]c1O. The minimum atomic E-state index is -0.0533. The van der Waals surface area contributed by atoms with Crippen LogP contribution in [0.3, 0.4) is 0 Å². The Morgan fingerprint density at radius 3 is 2.44 bits per heavy atom.